The highest BCUT2D eigenvalue weighted by Crippen LogP contribution is 2.21. The van der Waals surface area contributed by atoms with Crippen molar-refractivity contribution in [1.29, 1.82) is 0 Å². The van der Waals surface area contributed by atoms with E-state index in [9.17, 15) is 4.79 Å². The molecule has 0 unspecified atom stereocenters. The number of anilines is 2. The first kappa shape index (κ1) is 17.4. The minimum absolute atomic E-state index is 0.0714. The summed E-state index contributed by atoms with van der Waals surface area (Å²) in [4.78, 5) is 19.7. The van der Waals surface area contributed by atoms with Crippen molar-refractivity contribution in [2.75, 3.05) is 36.4 Å². The molecule has 1 aliphatic rings. The number of halogens is 1. The normalized spacial score (nSPS) is 14.3. The zero-order valence-electron chi connectivity index (χ0n) is 13.4. The molecular formula is C17H17ClN4O2S. The largest absolute Gasteiger partial charge is 0.478 e. The molecule has 0 radical (unpaired) electrons. The maximum absolute atomic E-state index is 11.0. The lowest BCUT2D eigenvalue weighted by molar-refractivity contribution is 0.0697. The lowest BCUT2D eigenvalue weighted by atomic mass is 10.2. The third kappa shape index (κ3) is 4.18. The molecule has 6 nitrogen and oxygen atoms in total. The van der Waals surface area contributed by atoms with Gasteiger partial charge in [-0.1, -0.05) is 17.7 Å². The SMILES string of the molecule is O=C(O)c1ccc(NC(=S)N2CCN(c3ccccn3)CC2)cc1Cl. The van der Waals surface area contributed by atoms with Crippen LogP contribution in [0.1, 0.15) is 10.4 Å². The number of aromatic nitrogens is 1. The van der Waals surface area contributed by atoms with E-state index in [2.05, 4.69) is 20.1 Å². The number of carboxylic acids is 1. The fourth-order valence-corrected chi connectivity index (χ4v) is 3.21. The summed E-state index contributed by atoms with van der Waals surface area (Å²) in [5.41, 5.74) is 0.745. The van der Waals surface area contributed by atoms with Crippen LogP contribution in [-0.2, 0) is 0 Å². The van der Waals surface area contributed by atoms with Gasteiger partial charge in [-0.2, -0.15) is 0 Å². The van der Waals surface area contributed by atoms with E-state index in [-0.39, 0.29) is 10.6 Å². The third-order valence-electron chi connectivity index (χ3n) is 3.99. The topological polar surface area (TPSA) is 68.7 Å². The second-order valence-electron chi connectivity index (χ2n) is 5.59. The van der Waals surface area contributed by atoms with Crippen LogP contribution in [0.25, 0.3) is 0 Å². The first-order chi connectivity index (χ1) is 12.0. The number of hydrogen-bond acceptors (Lipinski definition) is 4. The molecule has 3 rings (SSSR count). The van der Waals surface area contributed by atoms with Crippen LogP contribution in [0.2, 0.25) is 5.02 Å². The van der Waals surface area contributed by atoms with Crippen LogP contribution < -0.4 is 10.2 Å². The summed E-state index contributed by atoms with van der Waals surface area (Å²) in [6.07, 6.45) is 1.79. The quantitative estimate of drug-likeness (QED) is 0.798. The van der Waals surface area contributed by atoms with Gasteiger partial charge in [0.05, 0.1) is 10.6 Å². The Morgan fingerprint density at radius 2 is 1.96 bits per heavy atom. The number of piperazine rings is 1. The van der Waals surface area contributed by atoms with Crippen LogP contribution in [0.15, 0.2) is 42.6 Å². The molecule has 8 heteroatoms. The number of aromatic carboxylic acids is 1. The van der Waals surface area contributed by atoms with Gasteiger partial charge in [-0.3, -0.25) is 0 Å². The lowest BCUT2D eigenvalue weighted by Gasteiger charge is -2.36. The Morgan fingerprint density at radius 3 is 2.56 bits per heavy atom. The first-order valence-corrected chi connectivity index (χ1v) is 8.58. The summed E-state index contributed by atoms with van der Waals surface area (Å²) in [5, 5.41) is 12.9. The highest BCUT2D eigenvalue weighted by molar-refractivity contribution is 7.80. The molecular weight excluding hydrogens is 360 g/mol. The molecule has 0 spiro atoms. The summed E-state index contributed by atoms with van der Waals surface area (Å²) < 4.78 is 0. The number of nitrogens with one attached hydrogen (secondary N) is 1. The smallest absolute Gasteiger partial charge is 0.337 e. The predicted octanol–water partition coefficient (Wildman–Crippen LogP) is 2.95. The molecule has 0 aliphatic carbocycles. The van der Waals surface area contributed by atoms with E-state index in [4.69, 9.17) is 28.9 Å². The van der Waals surface area contributed by atoms with Crippen LogP contribution in [0.4, 0.5) is 11.5 Å². The minimum atomic E-state index is -1.05. The molecule has 1 fully saturated rings. The summed E-state index contributed by atoms with van der Waals surface area (Å²) in [5.74, 6) is -0.0816. The Labute approximate surface area is 156 Å². The summed E-state index contributed by atoms with van der Waals surface area (Å²) in [6.45, 7) is 3.22. The van der Waals surface area contributed by atoms with E-state index in [0.717, 1.165) is 32.0 Å². The molecule has 130 valence electrons. The number of pyridine rings is 1. The van der Waals surface area contributed by atoms with E-state index in [1.807, 2.05) is 18.2 Å². The summed E-state index contributed by atoms with van der Waals surface area (Å²) in [6, 6.07) is 10.6. The number of hydrogen-bond donors (Lipinski definition) is 2. The Hall–Kier alpha value is -2.38. The van der Waals surface area contributed by atoms with E-state index >= 15 is 0 Å². The molecule has 0 bridgehead atoms. The van der Waals surface area contributed by atoms with Gasteiger partial charge in [-0.15, -0.1) is 0 Å². The number of thiocarbonyl (C=S) groups is 1. The summed E-state index contributed by atoms with van der Waals surface area (Å²) >= 11 is 11.4. The molecule has 25 heavy (non-hydrogen) atoms. The molecule has 2 aromatic rings. The second kappa shape index (κ2) is 7.67. The van der Waals surface area contributed by atoms with Crippen LogP contribution in [0.3, 0.4) is 0 Å². The van der Waals surface area contributed by atoms with Gasteiger partial charge >= 0.3 is 5.97 Å². The summed E-state index contributed by atoms with van der Waals surface area (Å²) in [7, 11) is 0. The Kier molecular flexibility index (Phi) is 5.35. The van der Waals surface area contributed by atoms with Gasteiger partial charge in [0.1, 0.15) is 5.82 Å². The van der Waals surface area contributed by atoms with Crippen molar-refractivity contribution >= 4 is 46.4 Å². The number of benzene rings is 1. The number of rotatable bonds is 3. The standard InChI is InChI=1S/C17H17ClN4O2S/c18-14-11-12(4-5-13(14)16(23)24)20-17(25)22-9-7-21(8-10-22)15-3-1-2-6-19-15/h1-6,11H,7-10H2,(H,20,25)(H,23,24). The second-order valence-corrected chi connectivity index (χ2v) is 6.39. The molecule has 1 aromatic heterocycles. The van der Waals surface area contributed by atoms with Crippen LogP contribution in [-0.4, -0.2) is 52.3 Å². The van der Waals surface area contributed by atoms with Gasteiger partial charge in [0.2, 0.25) is 0 Å². The van der Waals surface area contributed by atoms with Gasteiger partial charge in [-0.25, -0.2) is 9.78 Å². The molecule has 1 aromatic carbocycles. The fraction of sp³-hybridized carbons (Fsp3) is 0.235. The molecule has 0 atom stereocenters. The van der Waals surface area contributed by atoms with Crippen molar-refractivity contribution in [2.45, 2.75) is 0 Å². The van der Waals surface area contributed by atoms with Gasteiger partial charge in [0.15, 0.2) is 5.11 Å². The third-order valence-corrected chi connectivity index (χ3v) is 4.66. The van der Waals surface area contributed by atoms with Crippen molar-refractivity contribution < 1.29 is 9.90 Å². The minimum Gasteiger partial charge on any atom is -0.478 e. The van der Waals surface area contributed by atoms with Crippen molar-refractivity contribution in [1.82, 2.24) is 9.88 Å². The maximum Gasteiger partial charge on any atom is 0.337 e. The number of carbonyl (C=O) groups is 1. The molecule has 0 saturated carbocycles. The predicted molar refractivity (Wildman–Crippen MR) is 103 cm³/mol. The Morgan fingerprint density at radius 1 is 1.20 bits per heavy atom. The molecule has 1 saturated heterocycles. The average molecular weight is 377 g/mol. The van der Waals surface area contributed by atoms with Crippen molar-refractivity contribution in [3.05, 3.63) is 53.2 Å². The monoisotopic (exact) mass is 376 g/mol. The molecule has 2 N–H and O–H groups in total. The zero-order chi connectivity index (χ0) is 17.8. The van der Waals surface area contributed by atoms with Crippen molar-refractivity contribution in [2.24, 2.45) is 0 Å². The van der Waals surface area contributed by atoms with E-state index in [1.165, 1.54) is 6.07 Å². The maximum atomic E-state index is 11.0. The van der Waals surface area contributed by atoms with Crippen molar-refractivity contribution in [3.63, 3.8) is 0 Å². The van der Waals surface area contributed by atoms with Crippen LogP contribution >= 0.6 is 23.8 Å². The first-order valence-electron chi connectivity index (χ1n) is 7.79. The van der Waals surface area contributed by atoms with E-state index in [0.29, 0.717) is 10.8 Å². The average Bonchev–Trinajstić information content (AvgIpc) is 2.62. The van der Waals surface area contributed by atoms with Gasteiger partial charge < -0.3 is 20.2 Å². The fourth-order valence-electron chi connectivity index (χ4n) is 2.65. The molecule has 2 heterocycles. The van der Waals surface area contributed by atoms with E-state index < -0.39 is 5.97 Å². The highest BCUT2D eigenvalue weighted by atomic mass is 35.5. The molecule has 1 aliphatic heterocycles. The Bertz CT molecular complexity index is 779. The Balaban J connectivity index is 1.58. The highest BCUT2D eigenvalue weighted by Gasteiger charge is 2.20. The van der Waals surface area contributed by atoms with E-state index in [1.54, 1.807) is 18.3 Å². The molecule has 0 amide bonds. The van der Waals surface area contributed by atoms with Gasteiger partial charge in [-0.05, 0) is 42.5 Å². The van der Waals surface area contributed by atoms with Crippen molar-refractivity contribution in [3.8, 4) is 0 Å². The number of nitrogens with zero attached hydrogens (tertiary/aromatic N) is 3. The van der Waals surface area contributed by atoms with Gasteiger partial charge in [0, 0.05) is 38.1 Å². The lowest BCUT2D eigenvalue weighted by Crippen LogP contribution is -2.50. The van der Waals surface area contributed by atoms with Gasteiger partial charge in [0.25, 0.3) is 0 Å². The zero-order valence-corrected chi connectivity index (χ0v) is 14.9. The van der Waals surface area contributed by atoms with Crippen LogP contribution in [0, 0.1) is 0 Å². The number of carboxylic acid groups (broad SMARTS) is 1. The van der Waals surface area contributed by atoms with Crippen LogP contribution in [0.5, 0.6) is 0 Å².